The molecule has 2 aromatic rings. The van der Waals surface area contributed by atoms with E-state index in [2.05, 4.69) is 10.6 Å². The lowest BCUT2D eigenvalue weighted by atomic mass is 9.89. The summed E-state index contributed by atoms with van der Waals surface area (Å²) in [4.78, 5) is 38.4. The summed E-state index contributed by atoms with van der Waals surface area (Å²) in [5.74, 6) is -0.715. The maximum Gasteiger partial charge on any atom is 0.309 e. The van der Waals surface area contributed by atoms with E-state index < -0.39 is 17.4 Å². The maximum absolute atomic E-state index is 13.4. The van der Waals surface area contributed by atoms with Gasteiger partial charge in [-0.25, -0.2) is 0 Å². The van der Waals surface area contributed by atoms with E-state index in [0.717, 1.165) is 48.2 Å². The Labute approximate surface area is 193 Å². The van der Waals surface area contributed by atoms with E-state index >= 15 is 0 Å². The second-order valence-electron chi connectivity index (χ2n) is 9.36. The second kappa shape index (κ2) is 8.57. The fraction of sp³-hybridized carbons (Fsp3) is 0.480. The van der Waals surface area contributed by atoms with Crippen LogP contribution in [0.1, 0.15) is 59.8 Å². The highest BCUT2D eigenvalue weighted by atomic mass is 16.5. The molecule has 1 amide bonds. The zero-order chi connectivity index (χ0) is 23.9. The number of aromatic nitrogens is 1. The van der Waals surface area contributed by atoms with Crippen LogP contribution in [0.3, 0.4) is 0 Å². The van der Waals surface area contributed by atoms with Gasteiger partial charge in [0.05, 0.1) is 12.1 Å². The number of fused-ring (bicyclic) bond motifs is 1. The van der Waals surface area contributed by atoms with Crippen LogP contribution in [0.5, 0.6) is 5.75 Å². The first-order valence-corrected chi connectivity index (χ1v) is 11.4. The molecule has 0 spiro atoms. The second-order valence-corrected chi connectivity index (χ2v) is 9.36. The van der Waals surface area contributed by atoms with Crippen molar-refractivity contribution in [1.29, 1.82) is 0 Å². The first-order chi connectivity index (χ1) is 15.6. The van der Waals surface area contributed by atoms with Gasteiger partial charge < -0.3 is 25.0 Å². The number of carbonyl (C=O) groups is 2. The SMILES string of the molecule is Cc1c(-c2c(C)c(C(=O)NC3(C)CCCC3)c(=O)n(C)c2CC(=O)O)ccc2c1NCCO2. The first-order valence-electron chi connectivity index (χ1n) is 11.4. The Morgan fingerprint density at radius 3 is 2.58 bits per heavy atom. The summed E-state index contributed by atoms with van der Waals surface area (Å²) in [5.41, 5.74) is 3.22. The fourth-order valence-corrected chi connectivity index (χ4v) is 5.19. The molecule has 0 radical (unpaired) electrons. The molecule has 2 heterocycles. The largest absolute Gasteiger partial charge is 0.490 e. The van der Waals surface area contributed by atoms with Crippen molar-refractivity contribution in [2.45, 2.75) is 58.4 Å². The molecule has 3 N–H and O–H groups in total. The van der Waals surface area contributed by atoms with Gasteiger partial charge in [0.25, 0.3) is 11.5 Å². The summed E-state index contributed by atoms with van der Waals surface area (Å²) < 4.78 is 7.05. The molecular formula is C25H31N3O5. The topological polar surface area (TPSA) is 110 Å². The Morgan fingerprint density at radius 2 is 1.91 bits per heavy atom. The smallest absolute Gasteiger partial charge is 0.309 e. The van der Waals surface area contributed by atoms with Crippen LogP contribution in [0.2, 0.25) is 0 Å². The van der Waals surface area contributed by atoms with Crippen molar-refractivity contribution in [2.24, 2.45) is 7.05 Å². The molecule has 1 saturated carbocycles. The molecule has 2 aliphatic rings. The van der Waals surface area contributed by atoms with Crippen LogP contribution in [-0.4, -0.2) is 40.2 Å². The lowest BCUT2D eigenvalue weighted by Crippen LogP contribution is -2.46. The van der Waals surface area contributed by atoms with E-state index in [1.807, 2.05) is 26.0 Å². The number of hydrogen-bond donors (Lipinski definition) is 3. The normalized spacial score (nSPS) is 16.5. The van der Waals surface area contributed by atoms with Gasteiger partial charge in [-0.3, -0.25) is 14.4 Å². The summed E-state index contributed by atoms with van der Waals surface area (Å²) >= 11 is 0. The van der Waals surface area contributed by atoms with Gasteiger partial charge in [0, 0.05) is 30.4 Å². The highest BCUT2D eigenvalue weighted by Gasteiger charge is 2.33. The third-order valence-corrected chi connectivity index (χ3v) is 6.99. The molecule has 0 bridgehead atoms. The number of ether oxygens (including phenoxy) is 1. The van der Waals surface area contributed by atoms with E-state index in [0.29, 0.717) is 30.0 Å². The number of carboxylic acid groups (broad SMARTS) is 1. The fourth-order valence-electron chi connectivity index (χ4n) is 5.19. The minimum atomic E-state index is -1.04. The zero-order valence-electron chi connectivity index (χ0n) is 19.6. The van der Waals surface area contributed by atoms with Crippen LogP contribution >= 0.6 is 0 Å². The molecule has 33 heavy (non-hydrogen) atoms. The molecule has 0 unspecified atom stereocenters. The van der Waals surface area contributed by atoms with E-state index in [1.165, 1.54) is 11.6 Å². The van der Waals surface area contributed by atoms with Crippen LogP contribution in [0.15, 0.2) is 16.9 Å². The van der Waals surface area contributed by atoms with Gasteiger partial charge >= 0.3 is 5.97 Å². The number of hydrogen-bond acceptors (Lipinski definition) is 5. The molecule has 1 aliphatic heterocycles. The van der Waals surface area contributed by atoms with Crippen molar-refractivity contribution in [2.75, 3.05) is 18.5 Å². The minimum absolute atomic E-state index is 0.0658. The Kier molecular flexibility index (Phi) is 5.95. The van der Waals surface area contributed by atoms with Crippen molar-refractivity contribution in [3.63, 3.8) is 0 Å². The molecule has 1 aromatic carbocycles. The van der Waals surface area contributed by atoms with E-state index in [-0.39, 0.29) is 17.5 Å². The summed E-state index contributed by atoms with van der Waals surface area (Å²) in [5, 5.41) is 16.0. The van der Waals surface area contributed by atoms with E-state index in [9.17, 15) is 19.5 Å². The molecule has 176 valence electrons. The third-order valence-electron chi connectivity index (χ3n) is 6.99. The molecule has 0 atom stereocenters. The summed E-state index contributed by atoms with van der Waals surface area (Å²) in [6.07, 6.45) is 3.50. The highest BCUT2D eigenvalue weighted by Crippen LogP contribution is 2.40. The van der Waals surface area contributed by atoms with Crippen LogP contribution in [0, 0.1) is 13.8 Å². The first kappa shape index (κ1) is 22.9. The number of aliphatic carboxylic acids is 1. The molecule has 8 nitrogen and oxygen atoms in total. The Morgan fingerprint density at radius 1 is 1.21 bits per heavy atom. The van der Waals surface area contributed by atoms with Crippen molar-refractivity contribution < 1.29 is 19.4 Å². The lowest BCUT2D eigenvalue weighted by Gasteiger charge is -2.27. The number of rotatable bonds is 5. The number of amides is 1. The standard InChI is InChI=1S/C25H31N3O5/c1-14-16(7-8-18-22(14)26-11-12-33-18)20-15(2)21(23(31)27-25(3)9-5-6-10-25)24(32)28(4)17(20)13-19(29)30/h7-8,26H,5-6,9-13H2,1-4H3,(H,27,31)(H,29,30). The minimum Gasteiger partial charge on any atom is -0.490 e. The van der Waals surface area contributed by atoms with Crippen molar-refractivity contribution in [1.82, 2.24) is 9.88 Å². The van der Waals surface area contributed by atoms with Gasteiger partial charge in [-0.2, -0.15) is 0 Å². The maximum atomic E-state index is 13.4. The molecule has 4 rings (SSSR count). The number of nitrogens with one attached hydrogen (secondary N) is 2. The third kappa shape index (κ3) is 4.10. The average molecular weight is 454 g/mol. The molecule has 1 aromatic heterocycles. The monoisotopic (exact) mass is 453 g/mol. The van der Waals surface area contributed by atoms with Gasteiger partial charge in [-0.15, -0.1) is 0 Å². The van der Waals surface area contributed by atoms with Gasteiger partial charge in [-0.1, -0.05) is 18.9 Å². The quantitative estimate of drug-likeness (QED) is 0.642. The average Bonchev–Trinajstić information content (AvgIpc) is 3.19. The molecule has 8 heteroatoms. The summed E-state index contributed by atoms with van der Waals surface area (Å²) in [6.45, 7) is 6.91. The lowest BCUT2D eigenvalue weighted by molar-refractivity contribution is -0.136. The van der Waals surface area contributed by atoms with Crippen molar-refractivity contribution in [3.8, 4) is 16.9 Å². The number of carbonyl (C=O) groups excluding carboxylic acids is 1. The van der Waals surface area contributed by atoms with Crippen LogP contribution in [0.4, 0.5) is 5.69 Å². The Bertz CT molecular complexity index is 1190. The van der Waals surface area contributed by atoms with Gasteiger partial charge in [0.2, 0.25) is 0 Å². The highest BCUT2D eigenvalue weighted by molar-refractivity contribution is 5.98. The molecule has 0 saturated heterocycles. The molecule has 1 fully saturated rings. The van der Waals surface area contributed by atoms with Gasteiger partial charge in [0.15, 0.2) is 0 Å². The zero-order valence-corrected chi connectivity index (χ0v) is 19.6. The number of pyridine rings is 1. The predicted molar refractivity (Wildman–Crippen MR) is 126 cm³/mol. The number of nitrogens with zero attached hydrogens (tertiary/aromatic N) is 1. The van der Waals surface area contributed by atoms with Crippen LogP contribution < -0.4 is 20.9 Å². The summed E-state index contributed by atoms with van der Waals surface area (Å²) in [7, 11) is 1.53. The number of benzene rings is 1. The number of carboxylic acids is 1. The van der Waals surface area contributed by atoms with Gasteiger partial charge in [-0.05, 0) is 56.4 Å². The molecular weight excluding hydrogens is 422 g/mol. The number of anilines is 1. The summed E-state index contributed by atoms with van der Waals surface area (Å²) in [6, 6.07) is 3.72. The van der Waals surface area contributed by atoms with Crippen molar-refractivity contribution >= 4 is 17.6 Å². The Hall–Kier alpha value is -3.29. The van der Waals surface area contributed by atoms with Crippen molar-refractivity contribution in [3.05, 3.63) is 44.9 Å². The van der Waals surface area contributed by atoms with E-state index in [1.54, 1.807) is 6.92 Å². The van der Waals surface area contributed by atoms with Crippen LogP contribution in [-0.2, 0) is 18.3 Å². The van der Waals surface area contributed by atoms with Crippen LogP contribution in [0.25, 0.3) is 11.1 Å². The molecule has 1 aliphatic carbocycles. The van der Waals surface area contributed by atoms with Gasteiger partial charge in [0.1, 0.15) is 17.9 Å². The van der Waals surface area contributed by atoms with E-state index in [4.69, 9.17) is 4.74 Å². The Balaban J connectivity index is 1.93. The predicted octanol–water partition coefficient (Wildman–Crippen LogP) is 3.16.